The summed E-state index contributed by atoms with van der Waals surface area (Å²) >= 11 is 0. The van der Waals surface area contributed by atoms with Crippen molar-refractivity contribution in [3.8, 4) is 28.7 Å². The summed E-state index contributed by atoms with van der Waals surface area (Å²) in [7, 11) is -11.6. The first kappa shape index (κ1) is 35.6. The van der Waals surface area contributed by atoms with Crippen molar-refractivity contribution in [2.75, 3.05) is 0 Å². The zero-order valence-electron chi connectivity index (χ0n) is 29.3. The third-order valence-electron chi connectivity index (χ3n) is 7.58. The fraction of sp³-hybridized carbons (Fsp3) is 0.211. The van der Waals surface area contributed by atoms with Crippen molar-refractivity contribution in [3.05, 3.63) is 149 Å². The summed E-state index contributed by atoms with van der Waals surface area (Å²) in [5.74, 6) is 2.68. The van der Waals surface area contributed by atoms with Gasteiger partial charge in [-0.15, -0.1) is 9.03 Å². The fourth-order valence-corrected chi connectivity index (χ4v) is 14.6. The third-order valence-corrected chi connectivity index (χ3v) is 15.9. The second-order valence-electron chi connectivity index (χ2n) is 12.2. The van der Waals surface area contributed by atoms with Crippen LogP contribution in [-0.4, -0.2) is 6.10 Å². The molecule has 1 aliphatic heterocycles. The molecule has 0 aromatic heterocycles. The van der Waals surface area contributed by atoms with Gasteiger partial charge in [-0.25, -0.2) is 0 Å². The normalized spacial score (nSPS) is 17.4. The molecule has 9 nitrogen and oxygen atoms in total. The Bertz CT molecular complexity index is 1980. The van der Waals surface area contributed by atoms with E-state index in [2.05, 4.69) is 0 Å². The van der Waals surface area contributed by atoms with Gasteiger partial charge in [-0.05, 0) is 107 Å². The van der Waals surface area contributed by atoms with E-state index in [4.69, 9.17) is 40.7 Å². The Kier molecular flexibility index (Phi) is 10.6. The molecule has 6 rings (SSSR count). The number of benzene rings is 5. The van der Waals surface area contributed by atoms with Crippen LogP contribution in [0.15, 0.2) is 135 Å². The highest BCUT2D eigenvalue weighted by atomic mass is 31.3. The quantitative estimate of drug-likeness (QED) is 0.119. The monoisotopic (exact) mass is 729 g/mol. The van der Waals surface area contributed by atoms with E-state index in [-0.39, 0.29) is 6.10 Å². The molecule has 5 aromatic rings. The maximum Gasteiger partial charge on any atom is 0.460 e. The number of nitrogens with zero attached hydrogens (tertiary/aromatic N) is 3. The lowest BCUT2D eigenvalue weighted by Crippen LogP contribution is -2.13. The minimum Gasteiger partial charge on any atom is -0.422 e. The van der Waals surface area contributed by atoms with Crippen molar-refractivity contribution in [3.63, 3.8) is 0 Å². The summed E-state index contributed by atoms with van der Waals surface area (Å²) in [4.78, 5) is 0. The smallest absolute Gasteiger partial charge is 0.422 e. The Hall–Kier alpha value is -4.25. The van der Waals surface area contributed by atoms with Crippen LogP contribution in [-0.2, 0) is 4.52 Å². The summed E-state index contributed by atoms with van der Waals surface area (Å²) in [6.45, 7) is 13.6. The first-order chi connectivity index (χ1) is 24.0. The molecule has 1 unspecified atom stereocenters. The van der Waals surface area contributed by atoms with Gasteiger partial charge >= 0.3 is 23.0 Å². The molecule has 260 valence electrons. The maximum atomic E-state index is 6.96. The molecule has 0 spiro atoms. The van der Waals surface area contributed by atoms with Gasteiger partial charge in [-0.3, -0.25) is 4.52 Å². The van der Waals surface area contributed by atoms with E-state index in [0.29, 0.717) is 28.7 Å². The average molecular weight is 730 g/mol. The third kappa shape index (κ3) is 8.20. The molecule has 0 saturated carbocycles. The fourth-order valence-electron chi connectivity index (χ4n) is 4.98. The van der Waals surface area contributed by atoms with Crippen molar-refractivity contribution < 1.29 is 27.1 Å². The number of para-hydroxylation sites is 5. The molecule has 0 N–H and O–H groups in total. The zero-order chi connectivity index (χ0) is 35.4. The summed E-state index contributed by atoms with van der Waals surface area (Å²) in [6, 6.07) is 38.3. The Morgan fingerprint density at radius 1 is 0.360 bits per heavy atom. The number of hydrogen-bond acceptors (Lipinski definition) is 9. The molecule has 1 aliphatic rings. The van der Waals surface area contributed by atoms with Gasteiger partial charge in [0, 0.05) is 0 Å². The standard InChI is InChI=1S/C38H42N3O6P3/c1-28(2)42-48(43-34-23-13-8-18-29(34)3)39-49(44-35-24-14-9-19-30(35)4,45-36-25-15-10-20-31(36)5)41-50(40-48,46-37-26-16-11-21-32(37)6)47-38-27-17-12-22-33(38)7/h8-28H,1-7H3. The van der Waals surface area contributed by atoms with Crippen LogP contribution in [0.5, 0.6) is 28.7 Å². The van der Waals surface area contributed by atoms with Crippen LogP contribution >= 0.6 is 23.0 Å². The number of aryl methyl sites for hydroxylation is 5. The lowest BCUT2D eigenvalue weighted by Gasteiger charge is -2.34. The van der Waals surface area contributed by atoms with E-state index >= 15 is 0 Å². The largest absolute Gasteiger partial charge is 0.460 e. The molecule has 1 atom stereocenters. The predicted molar refractivity (Wildman–Crippen MR) is 203 cm³/mol. The SMILES string of the molecule is Cc1ccccc1OP1(Oc2ccccc2C)=NP(Oc2ccccc2C)(Oc2ccccc2C)=NP(Oc2ccccc2C)(OC(C)C)=N1. The van der Waals surface area contributed by atoms with Crippen LogP contribution < -0.4 is 22.6 Å². The second kappa shape index (κ2) is 14.9. The number of hydrogen-bond donors (Lipinski definition) is 0. The molecule has 0 amide bonds. The van der Waals surface area contributed by atoms with Gasteiger partial charge in [-0.1, -0.05) is 95.5 Å². The van der Waals surface area contributed by atoms with Crippen LogP contribution in [0, 0.1) is 34.6 Å². The molecule has 1 heterocycles. The van der Waals surface area contributed by atoms with E-state index in [0.717, 1.165) is 27.8 Å². The van der Waals surface area contributed by atoms with Gasteiger partial charge < -0.3 is 22.6 Å². The number of rotatable bonds is 12. The van der Waals surface area contributed by atoms with E-state index in [1.54, 1.807) is 0 Å². The summed E-state index contributed by atoms with van der Waals surface area (Å²) in [5, 5.41) is 0. The topological polar surface area (TPSA) is 92.5 Å². The molecule has 0 saturated heterocycles. The van der Waals surface area contributed by atoms with Crippen LogP contribution in [0.25, 0.3) is 0 Å². The van der Waals surface area contributed by atoms with Crippen molar-refractivity contribution in [1.82, 2.24) is 0 Å². The van der Waals surface area contributed by atoms with Gasteiger partial charge in [0.1, 0.15) is 28.7 Å². The minimum absolute atomic E-state index is 0.379. The summed E-state index contributed by atoms with van der Waals surface area (Å²) < 4.78 is 57.4. The van der Waals surface area contributed by atoms with Gasteiger partial charge in [-0.2, -0.15) is 0 Å². The van der Waals surface area contributed by atoms with Crippen molar-refractivity contribution in [2.24, 2.45) is 13.5 Å². The van der Waals surface area contributed by atoms with Crippen LogP contribution in [0.4, 0.5) is 0 Å². The van der Waals surface area contributed by atoms with E-state index in [9.17, 15) is 0 Å². The molecule has 5 aromatic carbocycles. The lowest BCUT2D eigenvalue weighted by atomic mass is 10.2. The molecule has 0 radical (unpaired) electrons. The van der Waals surface area contributed by atoms with Crippen LogP contribution in [0.2, 0.25) is 0 Å². The Labute approximate surface area is 295 Å². The van der Waals surface area contributed by atoms with E-state index in [1.807, 2.05) is 170 Å². The highest BCUT2D eigenvalue weighted by molar-refractivity contribution is 7.79. The Balaban J connectivity index is 1.75. The molecule has 0 fully saturated rings. The Morgan fingerprint density at radius 2 is 0.580 bits per heavy atom. The highest BCUT2D eigenvalue weighted by Crippen LogP contribution is 2.79. The first-order valence-electron chi connectivity index (χ1n) is 16.3. The molecule has 12 heteroatoms. The van der Waals surface area contributed by atoms with Gasteiger partial charge in [0.15, 0.2) is 0 Å². The van der Waals surface area contributed by atoms with Crippen molar-refractivity contribution >= 4 is 23.0 Å². The summed E-state index contributed by atoms with van der Waals surface area (Å²) in [5.41, 5.74) is 4.34. The van der Waals surface area contributed by atoms with Crippen LogP contribution in [0.1, 0.15) is 41.7 Å². The molecule has 0 bridgehead atoms. The van der Waals surface area contributed by atoms with Crippen molar-refractivity contribution in [1.29, 1.82) is 0 Å². The Morgan fingerprint density at radius 3 is 0.840 bits per heavy atom. The average Bonchev–Trinajstić information content (AvgIpc) is 3.06. The highest BCUT2D eigenvalue weighted by Gasteiger charge is 2.48. The van der Waals surface area contributed by atoms with E-state index in [1.165, 1.54) is 0 Å². The van der Waals surface area contributed by atoms with Gasteiger partial charge in [0.25, 0.3) is 0 Å². The molecule has 0 aliphatic carbocycles. The van der Waals surface area contributed by atoms with Crippen LogP contribution in [0.3, 0.4) is 0 Å². The maximum absolute atomic E-state index is 6.96. The molecular weight excluding hydrogens is 687 g/mol. The van der Waals surface area contributed by atoms with Gasteiger partial charge in [0.2, 0.25) is 0 Å². The first-order valence-corrected chi connectivity index (χ1v) is 20.9. The second-order valence-corrected chi connectivity index (χ2v) is 18.4. The zero-order valence-corrected chi connectivity index (χ0v) is 31.9. The predicted octanol–water partition coefficient (Wildman–Crippen LogP) is 13.2. The summed E-state index contributed by atoms with van der Waals surface area (Å²) in [6.07, 6.45) is -0.379. The van der Waals surface area contributed by atoms with Gasteiger partial charge in [0.05, 0.1) is 6.10 Å². The molecular formula is C38H42N3O6P3. The van der Waals surface area contributed by atoms with Crippen molar-refractivity contribution in [2.45, 2.75) is 54.6 Å². The van der Waals surface area contributed by atoms with E-state index < -0.39 is 23.0 Å². The minimum atomic E-state index is -3.89. The molecule has 50 heavy (non-hydrogen) atoms. The lowest BCUT2D eigenvalue weighted by molar-refractivity contribution is 0.236.